The van der Waals surface area contributed by atoms with Gasteiger partial charge in [-0.1, -0.05) is 62.4 Å². The SMILES string of the molecule is [C-]#[N+]c1cc(-c2ccc3c(c2)c2cc4c(cc2n3-c2ccccc2)C(C)(C)c2ccccc2-4)cc(C#N)c1F. The summed E-state index contributed by atoms with van der Waals surface area (Å²) < 4.78 is 16.8. The lowest BCUT2D eigenvalue weighted by Crippen LogP contribution is -2.14. The van der Waals surface area contributed by atoms with Crippen LogP contribution in [0.5, 0.6) is 0 Å². The molecule has 6 aromatic rings. The normalized spacial score (nSPS) is 13.2. The van der Waals surface area contributed by atoms with Gasteiger partial charge in [0.15, 0.2) is 0 Å². The lowest BCUT2D eigenvalue weighted by Gasteiger charge is -2.21. The Bertz CT molecular complexity index is 2030. The van der Waals surface area contributed by atoms with Gasteiger partial charge in [0.25, 0.3) is 0 Å². The van der Waals surface area contributed by atoms with Gasteiger partial charge in [0.05, 0.1) is 23.2 Å². The molecule has 0 atom stereocenters. The molecule has 0 saturated heterocycles. The Labute approximate surface area is 225 Å². The Hall–Kier alpha value is -5.19. The lowest BCUT2D eigenvalue weighted by molar-refractivity contribution is 0.630. The molecule has 1 aliphatic rings. The maximum atomic E-state index is 14.5. The molecule has 0 N–H and O–H groups in total. The number of hydrogen-bond donors (Lipinski definition) is 0. The molecular weight excluding hydrogens is 481 g/mol. The van der Waals surface area contributed by atoms with Crippen LogP contribution in [-0.2, 0) is 5.41 Å². The predicted octanol–water partition coefficient (Wildman–Crippen LogP) is 9.32. The number of benzene rings is 5. The molecule has 0 spiro atoms. The largest absolute Gasteiger partial charge is 0.309 e. The molecule has 184 valence electrons. The highest BCUT2D eigenvalue weighted by atomic mass is 19.1. The molecule has 0 unspecified atom stereocenters. The summed E-state index contributed by atoms with van der Waals surface area (Å²) in [5.41, 5.74) is 9.46. The third-order valence-electron chi connectivity index (χ3n) is 8.11. The summed E-state index contributed by atoms with van der Waals surface area (Å²) in [4.78, 5) is 3.31. The second kappa shape index (κ2) is 8.15. The minimum absolute atomic E-state index is 0.123. The Morgan fingerprint density at radius 1 is 0.769 bits per heavy atom. The molecule has 1 aliphatic carbocycles. The fourth-order valence-corrected chi connectivity index (χ4v) is 6.19. The van der Waals surface area contributed by atoms with Crippen molar-refractivity contribution in [3.05, 3.63) is 131 Å². The number of aromatic nitrogens is 1. The van der Waals surface area contributed by atoms with E-state index >= 15 is 0 Å². The van der Waals surface area contributed by atoms with Crippen molar-refractivity contribution in [1.82, 2.24) is 4.57 Å². The summed E-state index contributed by atoms with van der Waals surface area (Å²) in [7, 11) is 0. The van der Waals surface area contributed by atoms with E-state index in [1.807, 2.05) is 30.3 Å². The van der Waals surface area contributed by atoms with E-state index < -0.39 is 5.82 Å². The molecule has 1 aromatic heterocycles. The highest BCUT2D eigenvalue weighted by Gasteiger charge is 2.36. The van der Waals surface area contributed by atoms with Gasteiger partial charge in [-0.3, -0.25) is 0 Å². The van der Waals surface area contributed by atoms with Crippen LogP contribution in [0.2, 0.25) is 0 Å². The minimum Gasteiger partial charge on any atom is -0.309 e. The molecule has 0 fully saturated rings. The summed E-state index contributed by atoms with van der Waals surface area (Å²) >= 11 is 0. The molecule has 4 heteroatoms. The van der Waals surface area contributed by atoms with Crippen molar-refractivity contribution in [2.45, 2.75) is 19.3 Å². The fraction of sp³-hybridized carbons (Fsp3) is 0.0857. The third kappa shape index (κ3) is 3.19. The van der Waals surface area contributed by atoms with Crippen molar-refractivity contribution in [2.75, 3.05) is 0 Å². The summed E-state index contributed by atoms with van der Waals surface area (Å²) in [6.45, 7) is 12.0. The van der Waals surface area contributed by atoms with E-state index in [1.165, 1.54) is 34.4 Å². The average Bonchev–Trinajstić information content (AvgIpc) is 3.40. The first kappa shape index (κ1) is 23.0. The Balaban J connectivity index is 1.57. The summed E-state index contributed by atoms with van der Waals surface area (Å²) in [6.07, 6.45) is 0. The monoisotopic (exact) mass is 503 g/mol. The molecule has 0 saturated carbocycles. The number of halogens is 1. The van der Waals surface area contributed by atoms with Crippen LogP contribution in [0.15, 0.2) is 97.1 Å². The van der Waals surface area contributed by atoms with Crippen molar-refractivity contribution < 1.29 is 4.39 Å². The summed E-state index contributed by atoms with van der Waals surface area (Å²) in [5.74, 6) is -0.769. The molecule has 3 nitrogen and oxygen atoms in total. The topological polar surface area (TPSA) is 33.1 Å². The summed E-state index contributed by atoms with van der Waals surface area (Å²) in [6, 6.07) is 34.7. The first-order chi connectivity index (χ1) is 18.9. The zero-order valence-electron chi connectivity index (χ0n) is 21.5. The number of nitrogens with zero attached hydrogens (tertiary/aromatic N) is 3. The van der Waals surface area contributed by atoms with Crippen LogP contribution < -0.4 is 0 Å². The van der Waals surface area contributed by atoms with E-state index in [0.717, 1.165) is 33.1 Å². The maximum absolute atomic E-state index is 14.5. The zero-order chi connectivity index (χ0) is 26.9. The van der Waals surface area contributed by atoms with E-state index in [0.29, 0.717) is 5.56 Å². The number of para-hydroxylation sites is 1. The average molecular weight is 504 g/mol. The van der Waals surface area contributed by atoms with Gasteiger partial charge in [0.1, 0.15) is 11.9 Å². The quantitative estimate of drug-likeness (QED) is 0.217. The molecule has 39 heavy (non-hydrogen) atoms. The Morgan fingerprint density at radius 3 is 2.28 bits per heavy atom. The predicted molar refractivity (Wildman–Crippen MR) is 155 cm³/mol. The second-order valence-electron chi connectivity index (χ2n) is 10.6. The second-order valence-corrected chi connectivity index (χ2v) is 10.6. The zero-order valence-corrected chi connectivity index (χ0v) is 21.5. The number of fused-ring (bicyclic) bond motifs is 6. The molecule has 0 aliphatic heterocycles. The number of hydrogen-bond acceptors (Lipinski definition) is 1. The fourth-order valence-electron chi connectivity index (χ4n) is 6.19. The van der Waals surface area contributed by atoms with Crippen molar-refractivity contribution >= 4 is 27.5 Å². The molecular formula is C35H22FN3. The molecule has 7 rings (SSSR count). The highest BCUT2D eigenvalue weighted by molar-refractivity contribution is 6.12. The minimum atomic E-state index is -0.769. The highest BCUT2D eigenvalue weighted by Crippen LogP contribution is 2.51. The van der Waals surface area contributed by atoms with Gasteiger partial charge in [0, 0.05) is 21.9 Å². The smallest absolute Gasteiger partial charge is 0.224 e. The standard InChI is InChI=1S/C35H22FN3/c1-35(2)29-12-8-7-11-25(29)26-18-28-27-16-21(22-15-23(20-37)34(36)31(17-22)38-3)13-14-32(27)39(33(28)19-30(26)35)24-9-5-4-6-10-24/h4-19H,1-2H3. The van der Waals surface area contributed by atoms with Gasteiger partial charge in [-0.15, -0.1) is 0 Å². The van der Waals surface area contributed by atoms with Crippen LogP contribution >= 0.6 is 0 Å². The van der Waals surface area contributed by atoms with Gasteiger partial charge in [-0.25, -0.2) is 9.24 Å². The van der Waals surface area contributed by atoms with Gasteiger partial charge >= 0.3 is 0 Å². The third-order valence-corrected chi connectivity index (χ3v) is 8.11. The first-order valence-corrected chi connectivity index (χ1v) is 12.8. The van der Waals surface area contributed by atoms with E-state index in [2.05, 4.69) is 83.9 Å². The maximum Gasteiger partial charge on any atom is 0.224 e. The Morgan fingerprint density at radius 2 is 1.51 bits per heavy atom. The van der Waals surface area contributed by atoms with Gasteiger partial charge in [-0.05, 0) is 81.9 Å². The lowest BCUT2D eigenvalue weighted by atomic mass is 9.82. The molecule has 0 bridgehead atoms. The van der Waals surface area contributed by atoms with Crippen LogP contribution in [0.1, 0.15) is 30.5 Å². The van der Waals surface area contributed by atoms with Crippen molar-refractivity contribution in [3.63, 3.8) is 0 Å². The van der Waals surface area contributed by atoms with Gasteiger partial charge in [-0.2, -0.15) is 5.26 Å². The van der Waals surface area contributed by atoms with E-state index in [1.54, 1.807) is 0 Å². The van der Waals surface area contributed by atoms with Crippen LogP contribution in [0.25, 0.3) is 54.6 Å². The molecule has 0 radical (unpaired) electrons. The van der Waals surface area contributed by atoms with Crippen LogP contribution in [0.3, 0.4) is 0 Å². The summed E-state index contributed by atoms with van der Waals surface area (Å²) in [5, 5.41) is 11.6. The molecule has 0 amide bonds. The molecule has 1 heterocycles. The van der Waals surface area contributed by atoms with Gasteiger partial charge in [0.2, 0.25) is 5.69 Å². The Kier molecular flexibility index (Phi) is 4.80. The molecule has 5 aromatic carbocycles. The van der Waals surface area contributed by atoms with Crippen LogP contribution in [0, 0.1) is 23.7 Å². The van der Waals surface area contributed by atoms with E-state index in [-0.39, 0.29) is 16.7 Å². The van der Waals surface area contributed by atoms with Crippen molar-refractivity contribution in [3.8, 4) is 34.0 Å². The number of rotatable bonds is 2. The van der Waals surface area contributed by atoms with E-state index in [9.17, 15) is 9.65 Å². The van der Waals surface area contributed by atoms with Crippen molar-refractivity contribution in [2.24, 2.45) is 0 Å². The van der Waals surface area contributed by atoms with Crippen LogP contribution in [0.4, 0.5) is 10.1 Å². The van der Waals surface area contributed by atoms with Gasteiger partial charge < -0.3 is 4.57 Å². The van der Waals surface area contributed by atoms with Crippen molar-refractivity contribution in [1.29, 1.82) is 5.26 Å². The number of nitriles is 1. The van der Waals surface area contributed by atoms with E-state index in [4.69, 9.17) is 6.57 Å². The van der Waals surface area contributed by atoms with Crippen LogP contribution in [-0.4, -0.2) is 4.57 Å². The first-order valence-electron chi connectivity index (χ1n) is 12.8.